The summed E-state index contributed by atoms with van der Waals surface area (Å²) in [5, 5.41) is 8.74. The van der Waals surface area contributed by atoms with Crippen molar-refractivity contribution in [2.24, 2.45) is 4.99 Å². The topological polar surface area (TPSA) is 84.6 Å². The summed E-state index contributed by atoms with van der Waals surface area (Å²) in [5.41, 5.74) is 1.34. The molecular formula is C18H20F2N4O3. The molecule has 27 heavy (non-hydrogen) atoms. The number of ether oxygens (including phenoxy) is 3. The van der Waals surface area contributed by atoms with Crippen molar-refractivity contribution in [1.82, 2.24) is 9.55 Å². The Hall–Kier alpha value is -2.86. The molecule has 0 aliphatic carbocycles. The van der Waals surface area contributed by atoms with Crippen molar-refractivity contribution in [3.8, 4) is 17.7 Å². The number of rotatable bonds is 7. The van der Waals surface area contributed by atoms with E-state index in [1.165, 1.54) is 6.07 Å². The maximum atomic E-state index is 12.7. The van der Waals surface area contributed by atoms with Gasteiger partial charge in [-0.1, -0.05) is 13.0 Å². The minimum atomic E-state index is -2.93. The molecule has 2 unspecified atom stereocenters. The van der Waals surface area contributed by atoms with Crippen molar-refractivity contribution in [3.05, 3.63) is 41.8 Å². The molecule has 1 aliphatic heterocycles. The van der Waals surface area contributed by atoms with Gasteiger partial charge in [0.15, 0.2) is 11.5 Å². The first-order valence-electron chi connectivity index (χ1n) is 8.56. The number of benzene rings is 1. The van der Waals surface area contributed by atoms with Crippen molar-refractivity contribution >= 4 is 0 Å². The second kappa shape index (κ2) is 8.68. The molecule has 3 rings (SSSR count). The SMILES string of the molecule is CC(Cn1cc[nH]c1=NC#N)c1ccc(OC(F)F)c(OC2CCOC2)c1. The molecule has 0 saturated carbocycles. The molecule has 1 saturated heterocycles. The van der Waals surface area contributed by atoms with Crippen molar-refractivity contribution in [2.45, 2.75) is 38.5 Å². The standard InChI is InChI=1S/C18H20F2N4O3/c1-12(9-24-6-5-22-18(24)23-11-21)13-2-3-15(27-17(19)20)16(8-13)26-14-4-7-25-10-14/h2-3,5-6,8,12,14,17H,4,7,9-10H2,1H3,(H,22,23). The molecular weight excluding hydrogens is 358 g/mol. The average molecular weight is 378 g/mol. The lowest BCUT2D eigenvalue weighted by atomic mass is 10.0. The minimum absolute atomic E-state index is 0.00215. The van der Waals surface area contributed by atoms with Crippen molar-refractivity contribution in [1.29, 1.82) is 5.26 Å². The summed E-state index contributed by atoms with van der Waals surface area (Å²) in [6.45, 7) is 0.612. The van der Waals surface area contributed by atoms with Gasteiger partial charge in [-0.3, -0.25) is 0 Å². The predicted molar refractivity (Wildman–Crippen MR) is 91.3 cm³/mol. The van der Waals surface area contributed by atoms with Gasteiger partial charge in [0.1, 0.15) is 6.10 Å². The molecule has 1 fully saturated rings. The predicted octanol–water partition coefficient (Wildman–Crippen LogP) is 2.77. The van der Waals surface area contributed by atoms with Crippen LogP contribution in [0.3, 0.4) is 0 Å². The molecule has 1 aliphatic rings. The molecule has 0 radical (unpaired) electrons. The summed E-state index contributed by atoms with van der Waals surface area (Å²) in [7, 11) is 0. The van der Waals surface area contributed by atoms with E-state index < -0.39 is 6.61 Å². The fourth-order valence-electron chi connectivity index (χ4n) is 2.95. The molecule has 7 nitrogen and oxygen atoms in total. The Morgan fingerprint density at radius 3 is 3.00 bits per heavy atom. The normalized spacial score (nSPS) is 18.5. The van der Waals surface area contributed by atoms with E-state index in [1.54, 1.807) is 30.7 Å². The molecule has 144 valence electrons. The molecule has 1 aromatic carbocycles. The van der Waals surface area contributed by atoms with Crippen LogP contribution in [0.25, 0.3) is 0 Å². The van der Waals surface area contributed by atoms with E-state index in [0.29, 0.717) is 31.8 Å². The van der Waals surface area contributed by atoms with Crippen LogP contribution in [0.4, 0.5) is 8.78 Å². The summed E-state index contributed by atoms with van der Waals surface area (Å²) in [5.74, 6) is 0.291. The lowest BCUT2D eigenvalue weighted by Crippen LogP contribution is -2.21. The molecule has 2 aromatic rings. The van der Waals surface area contributed by atoms with Gasteiger partial charge in [-0.25, -0.2) is 0 Å². The molecule has 2 heterocycles. The van der Waals surface area contributed by atoms with E-state index in [2.05, 4.69) is 14.7 Å². The maximum absolute atomic E-state index is 12.7. The Morgan fingerprint density at radius 1 is 1.44 bits per heavy atom. The van der Waals surface area contributed by atoms with Crippen LogP contribution in [0.15, 0.2) is 35.6 Å². The van der Waals surface area contributed by atoms with Gasteiger partial charge < -0.3 is 23.8 Å². The second-order valence-corrected chi connectivity index (χ2v) is 6.24. The van der Waals surface area contributed by atoms with Gasteiger partial charge in [-0.05, 0) is 23.6 Å². The van der Waals surface area contributed by atoms with Crippen molar-refractivity contribution in [2.75, 3.05) is 13.2 Å². The van der Waals surface area contributed by atoms with Gasteiger partial charge in [0.05, 0.1) is 13.2 Å². The van der Waals surface area contributed by atoms with Gasteiger partial charge in [0, 0.05) is 25.4 Å². The fraction of sp³-hybridized carbons (Fsp3) is 0.444. The lowest BCUT2D eigenvalue weighted by molar-refractivity contribution is -0.0521. The number of alkyl halides is 2. The highest BCUT2D eigenvalue weighted by molar-refractivity contribution is 5.44. The monoisotopic (exact) mass is 378 g/mol. The van der Waals surface area contributed by atoms with E-state index >= 15 is 0 Å². The number of imidazole rings is 1. The zero-order valence-electron chi connectivity index (χ0n) is 14.8. The Kier molecular flexibility index (Phi) is 6.08. The van der Waals surface area contributed by atoms with Crippen LogP contribution in [-0.4, -0.2) is 35.5 Å². The van der Waals surface area contributed by atoms with Crippen LogP contribution < -0.4 is 15.1 Å². The number of nitrogens with zero attached hydrogens (tertiary/aromatic N) is 3. The molecule has 0 amide bonds. The number of aromatic amines is 1. The summed E-state index contributed by atoms with van der Waals surface area (Å²) in [6, 6.07) is 4.94. The van der Waals surface area contributed by atoms with E-state index in [1.807, 2.05) is 11.5 Å². The van der Waals surface area contributed by atoms with E-state index in [4.69, 9.17) is 14.7 Å². The highest BCUT2D eigenvalue weighted by Gasteiger charge is 2.21. The smallest absolute Gasteiger partial charge is 0.387 e. The minimum Gasteiger partial charge on any atom is -0.484 e. The number of halogens is 2. The van der Waals surface area contributed by atoms with E-state index in [9.17, 15) is 8.78 Å². The van der Waals surface area contributed by atoms with Crippen molar-refractivity contribution in [3.63, 3.8) is 0 Å². The van der Waals surface area contributed by atoms with Gasteiger partial charge >= 0.3 is 6.61 Å². The van der Waals surface area contributed by atoms with Gasteiger partial charge in [-0.15, -0.1) is 4.99 Å². The Labute approximate surface area is 154 Å². The van der Waals surface area contributed by atoms with Crippen LogP contribution in [0.2, 0.25) is 0 Å². The van der Waals surface area contributed by atoms with E-state index in [0.717, 1.165) is 5.56 Å². The molecule has 0 bridgehead atoms. The number of nitrogens with one attached hydrogen (secondary N) is 1. The highest BCUT2D eigenvalue weighted by atomic mass is 19.3. The Morgan fingerprint density at radius 2 is 2.30 bits per heavy atom. The number of hydrogen-bond donors (Lipinski definition) is 1. The first kappa shape index (κ1) is 18.9. The van der Waals surface area contributed by atoms with Crippen LogP contribution in [0.1, 0.15) is 24.8 Å². The van der Waals surface area contributed by atoms with Gasteiger partial charge in [0.2, 0.25) is 11.8 Å². The molecule has 2 atom stereocenters. The average Bonchev–Trinajstić information content (AvgIpc) is 3.29. The van der Waals surface area contributed by atoms with E-state index in [-0.39, 0.29) is 23.5 Å². The molecule has 1 aromatic heterocycles. The first-order chi connectivity index (χ1) is 13.1. The lowest BCUT2D eigenvalue weighted by Gasteiger charge is -2.19. The summed E-state index contributed by atoms with van der Waals surface area (Å²) in [6.07, 6.45) is 5.75. The quantitative estimate of drug-likeness (QED) is 0.751. The third-order valence-corrected chi connectivity index (χ3v) is 4.30. The summed E-state index contributed by atoms with van der Waals surface area (Å²) >= 11 is 0. The number of hydrogen-bond acceptors (Lipinski definition) is 5. The van der Waals surface area contributed by atoms with Gasteiger partial charge in [-0.2, -0.15) is 14.0 Å². The summed E-state index contributed by atoms with van der Waals surface area (Å²) < 4.78 is 42.9. The zero-order valence-corrected chi connectivity index (χ0v) is 14.8. The first-order valence-corrected chi connectivity index (χ1v) is 8.56. The largest absolute Gasteiger partial charge is 0.484 e. The van der Waals surface area contributed by atoms with Crippen LogP contribution in [0.5, 0.6) is 11.5 Å². The van der Waals surface area contributed by atoms with Gasteiger partial charge in [0.25, 0.3) is 0 Å². The van der Waals surface area contributed by atoms with Crippen LogP contribution in [0, 0.1) is 11.5 Å². The van der Waals surface area contributed by atoms with Crippen LogP contribution >= 0.6 is 0 Å². The third-order valence-electron chi connectivity index (χ3n) is 4.30. The zero-order chi connectivity index (χ0) is 19.2. The molecule has 9 heteroatoms. The molecule has 0 spiro atoms. The fourth-order valence-corrected chi connectivity index (χ4v) is 2.95. The molecule has 1 N–H and O–H groups in total. The highest BCUT2D eigenvalue weighted by Crippen LogP contribution is 2.34. The maximum Gasteiger partial charge on any atom is 0.387 e. The number of aromatic nitrogens is 2. The number of H-pyrrole nitrogens is 1. The van der Waals surface area contributed by atoms with Crippen molar-refractivity contribution < 1.29 is 23.0 Å². The second-order valence-electron chi connectivity index (χ2n) is 6.24. The van der Waals surface area contributed by atoms with Crippen LogP contribution in [-0.2, 0) is 11.3 Å². The number of nitriles is 1. The Bertz CT molecular complexity index is 866. The third kappa shape index (κ3) is 4.86. The summed E-state index contributed by atoms with van der Waals surface area (Å²) in [4.78, 5) is 6.60. The Balaban J connectivity index is 1.82.